The lowest BCUT2D eigenvalue weighted by Gasteiger charge is -2.19. The van der Waals surface area contributed by atoms with Crippen LogP contribution in [0.3, 0.4) is 0 Å². The lowest BCUT2D eigenvalue weighted by atomic mass is 10.1. The molecular formula is C12H15BrFNO. The lowest BCUT2D eigenvalue weighted by molar-refractivity contribution is 0.188. The molecule has 2 atom stereocenters. The maximum absolute atomic E-state index is 13.6. The minimum absolute atomic E-state index is 0.00389. The summed E-state index contributed by atoms with van der Waals surface area (Å²) in [5.74, 6) is -0.165. The normalized spacial score (nSPS) is 22.3. The minimum atomic E-state index is -0.165. The molecule has 4 heteroatoms. The van der Waals surface area contributed by atoms with Crippen LogP contribution < -0.4 is 5.32 Å². The molecule has 0 bridgehead atoms. The van der Waals surface area contributed by atoms with Crippen LogP contribution in [-0.2, 0) is 4.74 Å². The summed E-state index contributed by atoms with van der Waals surface area (Å²) in [6.45, 7) is 3.49. The average molecular weight is 288 g/mol. The zero-order chi connectivity index (χ0) is 11.5. The number of nitrogens with one attached hydrogen (secondary N) is 1. The van der Waals surface area contributed by atoms with Gasteiger partial charge in [-0.25, -0.2) is 4.39 Å². The second-order valence-corrected chi connectivity index (χ2v) is 5.03. The molecule has 1 N–H and O–H groups in total. The average Bonchev–Trinajstić information content (AvgIpc) is 2.74. The Morgan fingerprint density at radius 3 is 3.06 bits per heavy atom. The van der Waals surface area contributed by atoms with Crippen LogP contribution in [0.25, 0.3) is 0 Å². The highest BCUT2D eigenvalue weighted by Crippen LogP contribution is 2.22. The highest BCUT2D eigenvalue weighted by Gasteiger charge is 2.19. The monoisotopic (exact) mass is 287 g/mol. The smallest absolute Gasteiger partial charge is 0.128 e. The van der Waals surface area contributed by atoms with Gasteiger partial charge in [-0.05, 0) is 31.5 Å². The largest absolute Gasteiger partial charge is 0.380 e. The van der Waals surface area contributed by atoms with E-state index in [-0.39, 0.29) is 11.9 Å². The van der Waals surface area contributed by atoms with E-state index < -0.39 is 0 Å². The molecule has 16 heavy (non-hydrogen) atoms. The van der Waals surface area contributed by atoms with Crippen molar-refractivity contribution in [1.29, 1.82) is 0 Å². The standard InChI is InChI=1S/C12H15BrFNO/c1-8(15-10-4-5-16-7-10)11-6-9(13)2-3-12(11)14/h2-3,6,8,10,15H,4-5,7H2,1H3. The second-order valence-electron chi connectivity index (χ2n) is 4.11. The number of hydrogen-bond donors (Lipinski definition) is 1. The minimum Gasteiger partial charge on any atom is -0.380 e. The Kier molecular flexibility index (Phi) is 3.95. The highest BCUT2D eigenvalue weighted by atomic mass is 79.9. The summed E-state index contributed by atoms with van der Waals surface area (Å²) in [6.07, 6.45) is 1.000. The van der Waals surface area contributed by atoms with Gasteiger partial charge < -0.3 is 10.1 Å². The maximum Gasteiger partial charge on any atom is 0.128 e. The van der Waals surface area contributed by atoms with Crippen molar-refractivity contribution in [3.63, 3.8) is 0 Å². The Balaban J connectivity index is 2.07. The van der Waals surface area contributed by atoms with Crippen LogP contribution in [-0.4, -0.2) is 19.3 Å². The third-order valence-corrected chi connectivity index (χ3v) is 3.33. The first-order chi connectivity index (χ1) is 7.66. The summed E-state index contributed by atoms with van der Waals surface area (Å²) < 4.78 is 19.8. The molecule has 0 saturated carbocycles. The Bertz CT molecular complexity index is 366. The first-order valence-corrected chi connectivity index (χ1v) is 6.25. The first-order valence-electron chi connectivity index (χ1n) is 5.45. The third kappa shape index (κ3) is 2.81. The quantitative estimate of drug-likeness (QED) is 0.923. The predicted molar refractivity (Wildman–Crippen MR) is 64.9 cm³/mol. The molecule has 1 heterocycles. The molecule has 2 unspecified atom stereocenters. The van der Waals surface area contributed by atoms with Crippen LogP contribution in [0.2, 0.25) is 0 Å². The van der Waals surface area contributed by atoms with Crippen molar-refractivity contribution in [2.24, 2.45) is 0 Å². The molecule has 0 aromatic heterocycles. The summed E-state index contributed by atoms with van der Waals surface area (Å²) in [7, 11) is 0. The molecule has 0 aliphatic carbocycles. The molecule has 88 valence electrons. The Hall–Kier alpha value is -0.450. The zero-order valence-corrected chi connectivity index (χ0v) is 10.8. The molecule has 1 aromatic rings. The van der Waals surface area contributed by atoms with E-state index in [2.05, 4.69) is 21.2 Å². The molecule has 2 nitrogen and oxygen atoms in total. The number of halogens is 2. The van der Waals surface area contributed by atoms with Crippen molar-refractivity contribution >= 4 is 15.9 Å². The van der Waals surface area contributed by atoms with Crippen molar-refractivity contribution in [3.8, 4) is 0 Å². The van der Waals surface area contributed by atoms with E-state index in [0.717, 1.165) is 24.1 Å². The zero-order valence-electron chi connectivity index (χ0n) is 9.17. The number of hydrogen-bond acceptors (Lipinski definition) is 2. The fourth-order valence-corrected chi connectivity index (χ4v) is 2.33. The van der Waals surface area contributed by atoms with Gasteiger partial charge in [0.1, 0.15) is 5.82 Å². The summed E-state index contributed by atoms with van der Waals surface area (Å²) >= 11 is 3.36. The molecule has 1 aromatic carbocycles. The van der Waals surface area contributed by atoms with E-state index in [1.54, 1.807) is 6.07 Å². The van der Waals surface area contributed by atoms with E-state index in [0.29, 0.717) is 11.6 Å². The van der Waals surface area contributed by atoms with Crippen LogP contribution in [0, 0.1) is 5.82 Å². The number of rotatable bonds is 3. The maximum atomic E-state index is 13.6. The molecule has 1 aliphatic rings. The summed E-state index contributed by atoms with van der Waals surface area (Å²) in [5.41, 5.74) is 0.696. The number of benzene rings is 1. The van der Waals surface area contributed by atoms with Crippen LogP contribution >= 0.6 is 15.9 Å². The first kappa shape index (κ1) is 12.0. The van der Waals surface area contributed by atoms with Crippen molar-refractivity contribution < 1.29 is 9.13 Å². The second kappa shape index (κ2) is 5.25. The van der Waals surface area contributed by atoms with Crippen LogP contribution in [0.15, 0.2) is 22.7 Å². The van der Waals surface area contributed by atoms with Gasteiger partial charge in [-0.15, -0.1) is 0 Å². The van der Waals surface area contributed by atoms with Crippen molar-refractivity contribution in [2.75, 3.05) is 13.2 Å². The van der Waals surface area contributed by atoms with E-state index in [1.165, 1.54) is 6.07 Å². The molecule has 1 fully saturated rings. The van der Waals surface area contributed by atoms with Gasteiger partial charge in [0.2, 0.25) is 0 Å². The van der Waals surface area contributed by atoms with Crippen molar-refractivity contribution in [2.45, 2.75) is 25.4 Å². The number of ether oxygens (including phenoxy) is 1. The van der Waals surface area contributed by atoms with Gasteiger partial charge >= 0.3 is 0 Å². The molecule has 1 aliphatic heterocycles. The SMILES string of the molecule is CC(NC1CCOC1)c1cc(Br)ccc1F. The van der Waals surface area contributed by atoms with E-state index in [9.17, 15) is 4.39 Å². The molecule has 0 amide bonds. The van der Waals surface area contributed by atoms with Gasteiger partial charge in [0.25, 0.3) is 0 Å². The van der Waals surface area contributed by atoms with Gasteiger partial charge in [0, 0.05) is 28.7 Å². The Labute approximate surface area is 103 Å². The van der Waals surface area contributed by atoms with Gasteiger partial charge in [0.15, 0.2) is 0 Å². The van der Waals surface area contributed by atoms with E-state index in [4.69, 9.17) is 4.74 Å². The third-order valence-electron chi connectivity index (χ3n) is 2.84. The van der Waals surface area contributed by atoms with Crippen LogP contribution in [0.5, 0.6) is 0 Å². The van der Waals surface area contributed by atoms with Gasteiger partial charge in [0.05, 0.1) is 6.61 Å². The summed E-state index contributed by atoms with van der Waals surface area (Å²) in [5, 5.41) is 3.38. The topological polar surface area (TPSA) is 21.3 Å². The predicted octanol–water partition coefficient (Wildman–Crippen LogP) is 3.03. The van der Waals surface area contributed by atoms with Crippen molar-refractivity contribution in [3.05, 3.63) is 34.1 Å². The molecule has 0 spiro atoms. The molecule has 1 saturated heterocycles. The van der Waals surface area contributed by atoms with Gasteiger partial charge in [-0.3, -0.25) is 0 Å². The molecule has 0 radical (unpaired) electrons. The molecular weight excluding hydrogens is 273 g/mol. The fourth-order valence-electron chi connectivity index (χ4n) is 1.96. The Morgan fingerprint density at radius 1 is 1.56 bits per heavy atom. The van der Waals surface area contributed by atoms with E-state index >= 15 is 0 Å². The van der Waals surface area contributed by atoms with Gasteiger partial charge in [-0.2, -0.15) is 0 Å². The van der Waals surface area contributed by atoms with Crippen molar-refractivity contribution in [1.82, 2.24) is 5.32 Å². The van der Waals surface area contributed by atoms with E-state index in [1.807, 2.05) is 13.0 Å². The van der Waals surface area contributed by atoms with Crippen LogP contribution in [0.4, 0.5) is 4.39 Å². The lowest BCUT2D eigenvalue weighted by Crippen LogP contribution is -2.32. The van der Waals surface area contributed by atoms with Gasteiger partial charge in [-0.1, -0.05) is 15.9 Å². The fraction of sp³-hybridized carbons (Fsp3) is 0.500. The van der Waals surface area contributed by atoms with Crippen LogP contribution in [0.1, 0.15) is 24.9 Å². The Morgan fingerprint density at radius 2 is 2.38 bits per heavy atom. The highest BCUT2D eigenvalue weighted by molar-refractivity contribution is 9.10. The summed E-state index contributed by atoms with van der Waals surface area (Å²) in [6, 6.07) is 5.37. The molecule has 2 rings (SSSR count). The summed E-state index contributed by atoms with van der Waals surface area (Å²) in [4.78, 5) is 0.